The van der Waals surface area contributed by atoms with Crippen molar-refractivity contribution in [3.63, 3.8) is 0 Å². The molecule has 2 N–H and O–H groups in total. The molecule has 2 aromatic carbocycles. The van der Waals surface area contributed by atoms with E-state index in [0.29, 0.717) is 6.42 Å². The van der Waals surface area contributed by atoms with E-state index in [9.17, 15) is 4.79 Å². The Balaban J connectivity index is 1.74. The topological polar surface area (TPSA) is 41.1 Å². The molecule has 0 radical (unpaired) electrons. The summed E-state index contributed by atoms with van der Waals surface area (Å²) in [6.07, 6.45) is 1.40. The van der Waals surface area contributed by atoms with E-state index in [0.717, 1.165) is 24.3 Å². The van der Waals surface area contributed by atoms with E-state index in [1.165, 1.54) is 22.3 Å². The molecule has 0 spiro atoms. The van der Waals surface area contributed by atoms with Crippen LogP contribution in [0.5, 0.6) is 0 Å². The smallest absolute Gasteiger partial charge is 0.224 e. The molecule has 3 heteroatoms. The van der Waals surface area contributed by atoms with Crippen molar-refractivity contribution in [1.29, 1.82) is 0 Å². The van der Waals surface area contributed by atoms with E-state index < -0.39 is 0 Å². The van der Waals surface area contributed by atoms with Crippen LogP contribution in [-0.2, 0) is 17.8 Å². The first kappa shape index (κ1) is 13.7. The fourth-order valence-electron chi connectivity index (χ4n) is 2.68. The van der Waals surface area contributed by atoms with Crippen LogP contribution in [0.1, 0.15) is 28.7 Å². The molecule has 0 saturated heterocycles. The van der Waals surface area contributed by atoms with E-state index in [-0.39, 0.29) is 5.91 Å². The van der Waals surface area contributed by atoms with Crippen LogP contribution >= 0.6 is 0 Å². The largest absolute Gasteiger partial charge is 0.381 e. The zero-order chi connectivity index (χ0) is 14.8. The monoisotopic (exact) mass is 280 g/mol. The Kier molecular flexibility index (Phi) is 3.65. The van der Waals surface area contributed by atoms with Gasteiger partial charge < -0.3 is 10.6 Å². The number of rotatable bonds is 3. The highest BCUT2D eigenvalue weighted by molar-refractivity contribution is 5.94. The first-order chi connectivity index (χ1) is 10.1. The fraction of sp³-hybridized carbons (Fsp3) is 0.278. The van der Waals surface area contributed by atoms with Crippen molar-refractivity contribution in [3.05, 3.63) is 58.7 Å². The summed E-state index contributed by atoms with van der Waals surface area (Å²) < 4.78 is 0. The molecule has 0 bridgehead atoms. The van der Waals surface area contributed by atoms with E-state index >= 15 is 0 Å². The summed E-state index contributed by atoms with van der Waals surface area (Å²) in [6.45, 7) is 5.07. The van der Waals surface area contributed by atoms with Gasteiger partial charge in [0.2, 0.25) is 5.91 Å². The van der Waals surface area contributed by atoms with Gasteiger partial charge in [0, 0.05) is 24.3 Å². The first-order valence-corrected chi connectivity index (χ1v) is 7.34. The summed E-state index contributed by atoms with van der Waals surface area (Å²) in [7, 11) is 0. The van der Waals surface area contributed by atoms with Gasteiger partial charge in [-0.1, -0.05) is 23.8 Å². The molecule has 21 heavy (non-hydrogen) atoms. The molecule has 2 aromatic rings. The van der Waals surface area contributed by atoms with Gasteiger partial charge in [0.25, 0.3) is 0 Å². The summed E-state index contributed by atoms with van der Waals surface area (Å²) in [4.78, 5) is 11.4. The van der Waals surface area contributed by atoms with E-state index in [1.807, 2.05) is 12.1 Å². The third-order valence-corrected chi connectivity index (χ3v) is 3.99. The number of benzene rings is 2. The summed E-state index contributed by atoms with van der Waals surface area (Å²) in [6, 6.07) is 12.7. The minimum atomic E-state index is 0.110. The minimum absolute atomic E-state index is 0.110. The molecule has 0 unspecified atom stereocenters. The van der Waals surface area contributed by atoms with Gasteiger partial charge in [-0.15, -0.1) is 0 Å². The molecule has 1 aliphatic rings. The second-order valence-electron chi connectivity index (χ2n) is 5.70. The Morgan fingerprint density at radius 2 is 1.95 bits per heavy atom. The van der Waals surface area contributed by atoms with Gasteiger partial charge in [-0.05, 0) is 55.2 Å². The predicted octanol–water partition coefficient (Wildman–Crippen LogP) is 3.80. The lowest BCUT2D eigenvalue weighted by molar-refractivity contribution is -0.116. The Morgan fingerprint density at radius 3 is 2.81 bits per heavy atom. The van der Waals surface area contributed by atoms with Gasteiger partial charge in [0.1, 0.15) is 0 Å². The van der Waals surface area contributed by atoms with Gasteiger partial charge in [-0.25, -0.2) is 0 Å². The van der Waals surface area contributed by atoms with Crippen LogP contribution in [0.2, 0.25) is 0 Å². The van der Waals surface area contributed by atoms with Crippen LogP contribution in [0.25, 0.3) is 0 Å². The number of fused-ring (bicyclic) bond motifs is 1. The van der Waals surface area contributed by atoms with E-state index in [1.54, 1.807) is 0 Å². The molecule has 0 aromatic heterocycles. The molecule has 0 fully saturated rings. The number of amides is 1. The molecule has 1 aliphatic heterocycles. The van der Waals surface area contributed by atoms with Crippen LogP contribution in [0.3, 0.4) is 0 Å². The van der Waals surface area contributed by atoms with Crippen molar-refractivity contribution in [2.45, 2.75) is 33.2 Å². The van der Waals surface area contributed by atoms with Gasteiger partial charge in [0.05, 0.1) is 0 Å². The normalized spacial score (nSPS) is 13.5. The van der Waals surface area contributed by atoms with E-state index in [4.69, 9.17) is 0 Å². The Morgan fingerprint density at radius 1 is 1.10 bits per heavy atom. The quantitative estimate of drug-likeness (QED) is 0.898. The van der Waals surface area contributed by atoms with Gasteiger partial charge in [-0.2, -0.15) is 0 Å². The van der Waals surface area contributed by atoms with Gasteiger partial charge in [-0.3, -0.25) is 4.79 Å². The second-order valence-corrected chi connectivity index (χ2v) is 5.70. The highest BCUT2D eigenvalue weighted by atomic mass is 16.1. The first-order valence-electron chi connectivity index (χ1n) is 7.34. The van der Waals surface area contributed by atoms with Crippen LogP contribution in [0, 0.1) is 13.8 Å². The Bertz CT molecular complexity index is 692. The number of anilines is 2. The maximum absolute atomic E-state index is 11.4. The van der Waals surface area contributed by atoms with Crippen molar-refractivity contribution in [2.75, 3.05) is 10.6 Å². The van der Waals surface area contributed by atoms with Crippen molar-refractivity contribution in [3.8, 4) is 0 Å². The number of aryl methyl sites for hydroxylation is 3. The number of hydrogen-bond acceptors (Lipinski definition) is 2. The number of nitrogens with one attached hydrogen (secondary N) is 2. The molecular weight excluding hydrogens is 260 g/mol. The highest BCUT2D eigenvalue weighted by Gasteiger charge is 2.14. The molecule has 0 aliphatic carbocycles. The summed E-state index contributed by atoms with van der Waals surface area (Å²) >= 11 is 0. The van der Waals surface area contributed by atoms with Crippen molar-refractivity contribution in [1.82, 2.24) is 0 Å². The predicted molar refractivity (Wildman–Crippen MR) is 86.6 cm³/mol. The maximum atomic E-state index is 11.4. The Hall–Kier alpha value is -2.29. The lowest BCUT2D eigenvalue weighted by Crippen LogP contribution is -2.19. The second kappa shape index (κ2) is 5.60. The van der Waals surface area contributed by atoms with Crippen molar-refractivity contribution in [2.24, 2.45) is 0 Å². The van der Waals surface area contributed by atoms with Crippen molar-refractivity contribution < 1.29 is 4.79 Å². The highest BCUT2D eigenvalue weighted by Crippen LogP contribution is 2.26. The molecular formula is C18H20N2O. The number of hydrogen-bond donors (Lipinski definition) is 2. The zero-order valence-corrected chi connectivity index (χ0v) is 12.5. The Labute approximate surface area is 125 Å². The zero-order valence-electron chi connectivity index (χ0n) is 12.5. The summed E-state index contributed by atoms with van der Waals surface area (Å²) in [5, 5.41) is 6.39. The van der Waals surface area contributed by atoms with E-state index in [2.05, 4.69) is 48.7 Å². The van der Waals surface area contributed by atoms with Crippen LogP contribution in [0.4, 0.5) is 11.4 Å². The molecule has 0 atom stereocenters. The van der Waals surface area contributed by atoms with Crippen molar-refractivity contribution >= 4 is 17.3 Å². The number of carbonyl (C=O) groups is 1. The molecule has 3 rings (SSSR count). The van der Waals surface area contributed by atoms with Gasteiger partial charge >= 0.3 is 0 Å². The average Bonchev–Trinajstić information content (AvgIpc) is 2.48. The third-order valence-electron chi connectivity index (χ3n) is 3.99. The number of carbonyl (C=O) groups excluding carboxylic acids is 1. The molecule has 3 nitrogen and oxygen atoms in total. The molecule has 108 valence electrons. The molecule has 0 saturated carbocycles. The van der Waals surface area contributed by atoms with Crippen LogP contribution in [-0.4, -0.2) is 5.91 Å². The van der Waals surface area contributed by atoms with Crippen LogP contribution < -0.4 is 10.6 Å². The molecule has 1 heterocycles. The summed E-state index contributed by atoms with van der Waals surface area (Å²) in [5.74, 6) is 0.110. The minimum Gasteiger partial charge on any atom is -0.381 e. The lowest BCUT2D eigenvalue weighted by atomic mass is 10.0. The standard InChI is InChI=1S/C18H20N2O/c1-12-3-4-13(2)15(9-12)11-19-16-6-7-17-14(10-16)5-8-18(21)20-17/h3-4,6-7,9-10,19H,5,8,11H2,1-2H3,(H,20,21). The third kappa shape index (κ3) is 3.07. The lowest BCUT2D eigenvalue weighted by Gasteiger charge is -2.18. The molecule has 1 amide bonds. The SMILES string of the molecule is Cc1ccc(C)c(CNc2ccc3c(c2)CCC(=O)N3)c1. The average molecular weight is 280 g/mol. The van der Waals surface area contributed by atoms with Gasteiger partial charge in [0.15, 0.2) is 0 Å². The summed E-state index contributed by atoms with van der Waals surface area (Å²) in [5.41, 5.74) is 7.17. The maximum Gasteiger partial charge on any atom is 0.224 e. The van der Waals surface area contributed by atoms with Crippen LogP contribution in [0.15, 0.2) is 36.4 Å². The fourth-order valence-corrected chi connectivity index (χ4v) is 2.68.